The summed E-state index contributed by atoms with van der Waals surface area (Å²) in [6, 6.07) is 8.73. The zero-order valence-corrected chi connectivity index (χ0v) is 18.7. The summed E-state index contributed by atoms with van der Waals surface area (Å²) in [6.07, 6.45) is 2.59. The highest BCUT2D eigenvalue weighted by Crippen LogP contribution is 2.66. The molecule has 0 radical (unpaired) electrons. The topological polar surface area (TPSA) is 67.1 Å². The molecule has 2 aromatic heterocycles. The van der Waals surface area contributed by atoms with E-state index in [0.29, 0.717) is 32.9 Å². The van der Waals surface area contributed by atoms with Crippen LogP contribution in [0.15, 0.2) is 48.8 Å². The van der Waals surface area contributed by atoms with E-state index in [1.807, 2.05) is 0 Å². The summed E-state index contributed by atoms with van der Waals surface area (Å²) < 4.78 is 54.4. The molecule has 0 aliphatic heterocycles. The van der Waals surface area contributed by atoms with Crippen LogP contribution >= 0.6 is 7.60 Å². The highest BCUT2D eigenvalue weighted by molar-refractivity contribution is 7.54. The van der Waals surface area contributed by atoms with Crippen LogP contribution in [0.25, 0.3) is 21.8 Å². The average Bonchev–Trinajstić information content (AvgIpc) is 3.25. The van der Waals surface area contributed by atoms with Crippen LogP contribution < -0.4 is 0 Å². The maximum Gasteiger partial charge on any atom is 0.343 e. The fourth-order valence-electron chi connectivity index (χ4n) is 3.92. The van der Waals surface area contributed by atoms with E-state index >= 15 is 0 Å². The molecule has 4 aromatic rings. The summed E-state index contributed by atoms with van der Waals surface area (Å²) in [7, 11) is -3.84. The van der Waals surface area contributed by atoms with Crippen molar-refractivity contribution >= 4 is 29.4 Å². The number of hydrogen-bond donors (Lipinski definition) is 2. The van der Waals surface area contributed by atoms with Crippen LogP contribution in [0, 0.1) is 11.6 Å². The molecule has 0 bridgehead atoms. The van der Waals surface area contributed by atoms with Gasteiger partial charge >= 0.3 is 7.60 Å². The van der Waals surface area contributed by atoms with E-state index in [0.717, 1.165) is 0 Å². The van der Waals surface area contributed by atoms with E-state index in [4.69, 9.17) is 9.05 Å². The quantitative estimate of drug-likeness (QED) is 0.299. The predicted octanol–water partition coefficient (Wildman–Crippen LogP) is 7.06. The lowest BCUT2D eigenvalue weighted by Crippen LogP contribution is -2.14. The number of hydrogen-bond acceptors (Lipinski definition) is 3. The minimum atomic E-state index is -3.84. The number of nitrogens with one attached hydrogen (secondary N) is 2. The molecular formula is C23H25F2N2O3P. The fraction of sp³-hybridized carbons (Fsp3) is 0.304. The first-order chi connectivity index (χ1) is 14.7. The zero-order chi connectivity index (χ0) is 22.3. The monoisotopic (exact) mass is 446 g/mol. The second kappa shape index (κ2) is 8.23. The zero-order valence-electron chi connectivity index (χ0n) is 17.8. The lowest BCUT2D eigenvalue weighted by molar-refractivity contribution is 0.139. The number of H-pyrrole nitrogens is 2. The largest absolute Gasteiger partial charge is 0.361 e. The van der Waals surface area contributed by atoms with Crippen molar-refractivity contribution in [2.24, 2.45) is 0 Å². The number of aromatic amines is 2. The second-order valence-electron chi connectivity index (χ2n) is 8.12. The van der Waals surface area contributed by atoms with Crippen molar-refractivity contribution in [1.82, 2.24) is 9.97 Å². The van der Waals surface area contributed by atoms with Crippen molar-refractivity contribution in [3.8, 4) is 0 Å². The van der Waals surface area contributed by atoms with Crippen molar-refractivity contribution in [3.63, 3.8) is 0 Å². The first-order valence-electron chi connectivity index (χ1n) is 10.2. The smallest absolute Gasteiger partial charge is 0.343 e. The van der Waals surface area contributed by atoms with Crippen molar-refractivity contribution < 1.29 is 22.4 Å². The van der Waals surface area contributed by atoms with Gasteiger partial charge in [0.25, 0.3) is 0 Å². The molecule has 4 rings (SSSR count). The molecule has 5 nitrogen and oxygen atoms in total. The molecule has 164 valence electrons. The molecule has 2 heterocycles. The highest BCUT2D eigenvalue weighted by Gasteiger charge is 2.42. The van der Waals surface area contributed by atoms with Crippen molar-refractivity contribution in [3.05, 3.63) is 71.6 Å². The molecule has 8 heteroatoms. The molecule has 0 aliphatic rings. The van der Waals surface area contributed by atoms with Crippen LogP contribution in [0.3, 0.4) is 0 Å². The third-order valence-corrected chi connectivity index (χ3v) is 7.59. The summed E-state index contributed by atoms with van der Waals surface area (Å²) >= 11 is 0. The van der Waals surface area contributed by atoms with Gasteiger partial charge in [-0.15, -0.1) is 0 Å². The van der Waals surface area contributed by atoms with E-state index in [2.05, 4.69) is 9.97 Å². The van der Waals surface area contributed by atoms with E-state index in [-0.39, 0.29) is 0 Å². The first-order valence-corrected chi connectivity index (χ1v) is 11.8. The molecule has 0 saturated heterocycles. The van der Waals surface area contributed by atoms with Gasteiger partial charge in [-0.3, -0.25) is 4.57 Å². The molecule has 0 saturated carbocycles. The highest BCUT2D eigenvalue weighted by atomic mass is 31.2. The molecule has 0 fully saturated rings. The van der Waals surface area contributed by atoms with Crippen LogP contribution in [0.5, 0.6) is 0 Å². The maximum atomic E-state index is 14.3. The molecule has 31 heavy (non-hydrogen) atoms. The molecule has 0 aliphatic carbocycles. The molecule has 2 N–H and O–H groups in total. The Morgan fingerprint density at radius 3 is 1.58 bits per heavy atom. The van der Waals surface area contributed by atoms with Crippen LogP contribution in [0.2, 0.25) is 0 Å². The third-order valence-electron chi connectivity index (χ3n) is 4.97. The summed E-state index contributed by atoms with van der Waals surface area (Å²) in [5.41, 5.74) is 1.60. The molecule has 2 aromatic carbocycles. The van der Waals surface area contributed by atoms with Crippen LogP contribution in [-0.2, 0) is 13.6 Å². The Morgan fingerprint density at radius 2 is 1.19 bits per heavy atom. The summed E-state index contributed by atoms with van der Waals surface area (Å²) in [6.45, 7) is 7.10. The second-order valence-corrected chi connectivity index (χ2v) is 10.1. The number of aromatic nitrogens is 2. The Hall–Kier alpha value is -2.47. The lowest BCUT2D eigenvalue weighted by atomic mass is 10.0. The van der Waals surface area contributed by atoms with Gasteiger partial charge in [0.1, 0.15) is 17.3 Å². The van der Waals surface area contributed by atoms with Crippen LogP contribution in [0.4, 0.5) is 8.78 Å². The number of rotatable bonds is 7. The normalized spacial score (nSPS) is 12.8. The third kappa shape index (κ3) is 4.18. The first kappa shape index (κ1) is 21.8. The van der Waals surface area contributed by atoms with E-state index in [1.165, 1.54) is 24.3 Å². The van der Waals surface area contributed by atoms with Gasteiger partial charge in [-0.2, -0.15) is 0 Å². The van der Waals surface area contributed by atoms with Gasteiger partial charge in [0.2, 0.25) is 0 Å². The van der Waals surface area contributed by atoms with Gasteiger partial charge in [0, 0.05) is 34.2 Å². The van der Waals surface area contributed by atoms with Crippen molar-refractivity contribution in [1.29, 1.82) is 0 Å². The van der Waals surface area contributed by atoms with Crippen molar-refractivity contribution in [2.75, 3.05) is 0 Å². The number of benzene rings is 2. The SMILES string of the molecule is CC(C)OP(=O)(OC(C)C)C(c1c[nH]c2ccc(F)cc12)c1c[nH]c2ccc(F)cc12. The van der Waals surface area contributed by atoms with Gasteiger partial charge < -0.3 is 19.0 Å². The van der Waals surface area contributed by atoms with E-state index in [9.17, 15) is 13.3 Å². The minimum absolute atomic E-state index is 0.393. The number of halogens is 2. The summed E-state index contributed by atoms with van der Waals surface area (Å²) in [5, 5.41) is 1.13. The lowest BCUT2D eigenvalue weighted by Gasteiger charge is -2.30. The maximum absolute atomic E-state index is 14.3. The summed E-state index contributed by atoms with van der Waals surface area (Å²) in [5.74, 6) is -0.831. The van der Waals surface area contributed by atoms with Gasteiger partial charge in [-0.1, -0.05) is 0 Å². The Balaban J connectivity index is 2.03. The fourth-order valence-corrected chi connectivity index (χ4v) is 6.50. The van der Waals surface area contributed by atoms with Gasteiger partial charge in [-0.25, -0.2) is 8.78 Å². The standard InChI is InChI=1S/C23H25F2N2O3P/c1-13(2)29-31(28,30-14(3)4)23(19-11-26-21-7-5-15(24)9-17(19)21)20-12-27-22-8-6-16(25)10-18(20)22/h5-14,23,26-27H,1-4H3. The summed E-state index contributed by atoms with van der Waals surface area (Å²) in [4.78, 5) is 6.23. The predicted molar refractivity (Wildman–Crippen MR) is 118 cm³/mol. The van der Waals surface area contributed by atoms with E-state index in [1.54, 1.807) is 52.2 Å². The molecule has 0 atom stereocenters. The van der Waals surface area contributed by atoms with Gasteiger partial charge in [0.15, 0.2) is 0 Å². The Morgan fingerprint density at radius 1 is 0.774 bits per heavy atom. The van der Waals surface area contributed by atoms with Crippen molar-refractivity contribution in [2.45, 2.75) is 45.6 Å². The average molecular weight is 446 g/mol. The number of fused-ring (bicyclic) bond motifs is 2. The minimum Gasteiger partial charge on any atom is -0.361 e. The molecule has 0 spiro atoms. The molecular weight excluding hydrogens is 421 g/mol. The van der Waals surface area contributed by atoms with Gasteiger partial charge in [-0.05, 0) is 75.2 Å². The van der Waals surface area contributed by atoms with Crippen LogP contribution in [0.1, 0.15) is 44.5 Å². The van der Waals surface area contributed by atoms with Crippen LogP contribution in [-0.4, -0.2) is 22.2 Å². The van der Waals surface area contributed by atoms with E-state index < -0.39 is 37.1 Å². The van der Waals surface area contributed by atoms with Gasteiger partial charge in [0.05, 0.1) is 12.2 Å². The Labute approximate surface area is 179 Å². The molecule has 0 unspecified atom stereocenters. The molecule has 0 amide bonds. The Bertz CT molecular complexity index is 1180. The Kier molecular flexibility index (Phi) is 5.77.